The highest BCUT2D eigenvalue weighted by molar-refractivity contribution is 7.14. The van der Waals surface area contributed by atoms with Gasteiger partial charge in [0.1, 0.15) is 6.61 Å². The molecule has 0 radical (unpaired) electrons. The van der Waals surface area contributed by atoms with Gasteiger partial charge in [-0.2, -0.15) is 0 Å². The number of hydrogen-bond acceptors (Lipinski definition) is 4. The van der Waals surface area contributed by atoms with Gasteiger partial charge in [-0.3, -0.25) is 4.79 Å². The third-order valence-electron chi connectivity index (χ3n) is 3.00. The first kappa shape index (κ1) is 15.8. The average molecular weight is 319 g/mol. The Kier molecular flexibility index (Phi) is 5.18. The van der Waals surface area contributed by atoms with Crippen LogP contribution >= 0.6 is 22.7 Å². The van der Waals surface area contributed by atoms with Crippen LogP contribution in [-0.4, -0.2) is 24.2 Å². The SMILES string of the molecule is CC(C)(CNC(=O)c1ccc(C#CCO)s1)c1cccs1. The number of thiophene rings is 2. The van der Waals surface area contributed by atoms with E-state index in [0.29, 0.717) is 11.4 Å². The fourth-order valence-electron chi connectivity index (χ4n) is 1.79. The molecule has 0 bridgehead atoms. The minimum Gasteiger partial charge on any atom is -0.384 e. The molecule has 21 heavy (non-hydrogen) atoms. The van der Waals surface area contributed by atoms with E-state index in [2.05, 4.69) is 37.1 Å². The van der Waals surface area contributed by atoms with Crippen LogP contribution in [0.15, 0.2) is 29.6 Å². The quantitative estimate of drug-likeness (QED) is 0.851. The van der Waals surface area contributed by atoms with Crippen molar-refractivity contribution in [3.8, 4) is 11.8 Å². The Hall–Kier alpha value is -1.61. The van der Waals surface area contributed by atoms with E-state index in [1.54, 1.807) is 23.5 Å². The van der Waals surface area contributed by atoms with E-state index >= 15 is 0 Å². The molecule has 0 unspecified atom stereocenters. The van der Waals surface area contributed by atoms with Crippen LogP contribution in [0.25, 0.3) is 0 Å². The van der Waals surface area contributed by atoms with Gasteiger partial charge in [-0.25, -0.2) is 0 Å². The van der Waals surface area contributed by atoms with Crippen LogP contribution in [-0.2, 0) is 5.41 Å². The maximum Gasteiger partial charge on any atom is 0.261 e. The molecule has 3 nitrogen and oxygen atoms in total. The molecule has 0 atom stereocenters. The molecule has 0 aliphatic rings. The minimum atomic E-state index is -0.172. The predicted octanol–water partition coefficient (Wildman–Crippen LogP) is 2.86. The summed E-state index contributed by atoms with van der Waals surface area (Å²) in [6.45, 7) is 4.65. The summed E-state index contributed by atoms with van der Waals surface area (Å²) in [6.07, 6.45) is 0. The largest absolute Gasteiger partial charge is 0.384 e. The molecule has 0 aliphatic carbocycles. The van der Waals surface area contributed by atoms with E-state index in [4.69, 9.17) is 5.11 Å². The zero-order valence-corrected chi connectivity index (χ0v) is 13.6. The summed E-state index contributed by atoms with van der Waals surface area (Å²) in [7, 11) is 0. The van der Waals surface area contributed by atoms with Gasteiger partial charge in [-0.05, 0) is 23.6 Å². The van der Waals surface area contributed by atoms with E-state index in [-0.39, 0.29) is 17.9 Å². The molecule has 2 heterocycles. The Morgan fingerprint density at radius 1 is 1.38 bits per heavy atom. The van der Waals surface area contributed by atoms with Crippen molar-refractivity contribution in [3.05, 3.63) is 44.3 Å². The summed E-state index contributed by atoms with van der Waals surface area (Å²) in [5.74, 6) is 5.30. The van der Waals surface area contributed by atoms with Crippen LogP contribution in [0, 0.1) is 11.8 Å². The summed E-state index contributed by atoms with van der Waals surface area (Å²) in [6, 6.07) is 7.67. The number of carbonyl (C=O) groups excluding carboxylic acids is 1. The van der Waals surface area contributed by atoms with E-state index in [1.807, 2.05) is 11.4 Å². The number of carbonyl (C=O) groups is 1. The topological polar surface area (TPSA) is 49.3 Å². The zero-order valence-electron chi connectivity index (χ0n) is 12.0. The first-order valence-electron chi connectivity index (χ1n) is 6.55. The van der Waals surface area contributed by atoms with Crippen LogP contribution < -0.4 is 5.32 Å². The van der Waals surface area contributed by atoms with E-state index < -0.39 is 0 Å². The molecule has 1 amide bonds. The Labute approximate surface area is 132 Å². The lowest BCUT2D eigenvalue weighted by Crippen LogP contribution is -2.35. The Morgan fingerprint density at radius 2 is 2.19 bits per heavy atom. The molecule has 0 aromatic carbocycles. The van der Waals surface area contributed by atoms with Crippen LogP contribution in [0.3, 0.4) is 0 Å². The molecule has 2 N–H and O–H groups in total. The molecule has 0 saturated heterocycles. The molecule has 2 aromatic heterocycles. The molecule has 2 rings (SSSR count). The van der Waals surface area contributed by atoms with Gasteiger partial charge in [0.05, 0.1) is 9.75 Å². The third kappa shape index (κ3) is 4.18. The smallest absolute Gasteiger partial charge is 0.261 e. The van der Waals surface area contributed by atoms with Crippen molar-refractivity contribution in [2.45, 2.75) is 19.3 Å². The summed E-state index contributed by atoms with van der Waals surface area (Å²) in [5.41, 5.74) is -0.0827. The van der Waals surface area contributed by atoms with Gasteiger partial charge >= 0.3 is 0 Å². The van der Waals surface area contributed by atoms with Gasteiger partial charge in [0.15, 0.2) is 0 Å². The van der Waals surface area contributed by atoms with Gasteiger partial charge in [0.2, 0.25) is 0 Å². The van der Waals surface area contributed by atoms with Crippen molar-refractivity contribution in [2.75, 3.05) is 13.2 Å². The Bertz CT molecular complexity index is 660. The highest BCUT2D eigenvalue weighted by Gasteiger charge is 2.23. The van der Waals surface area contributed by atoms with Crippen molar-refractivity contribution >= 4 is 28.6 Å². The van der Waals surface area contributed by atoms with Crippen molar-refractivity contribution < 1.29 is 9.90 Å². The summed E-state index contributed by atoms with van der Waals surface area (Å²) in [5, 5.41) is 13.7. The zero-order chi connectivity index (χ0) is 15.3. The highest BCUT2D eigenvalue weighted by atomic mass is 32.1. The van der Waals surface area contributed by atoms with Gasteiger partial charge in [0.25, 0.3) is 5.91 Å². The standard InChI is InChI=1S/C16H17NO2S2/c1-16(2,14-6-4-10-20-14)11-17-15(19)13-8-7-12(21-13)5-3-9-18/h4,6-8,10,18H,9,11H2,1-2H3,(H,17,19). The fraction of sp³-hybridized carbons (Fsp3) is 0.312. The monoisotopic (exact) mass is 319 g/mol. The average Bonchev–Trinajstić information content (AvgIpc) is 3.13. The number of hydrogen-bond donors (Lipinski definition) is 2. The molecule has 0 aliphatic heterocycles. The van der Waals surface area contributed by atoms with Gasteiger partial charge in [0, 0.05) is 16.8 Å². The lowest BCUT2D eigenvalue weighted by Gasteiger charge is -2.23. The van der Waals surface area contributed by atoms with E-state index in [9.17, 15) is 4.79 Å². The molecule has 2 aromatic rings. The van der Waals surface area contributed by atoms with Crippen LogP contribution in [0.4, 0.5) is 0 Å². The number of nitrogens with one attached hydrogen (secondary N) is 1. The summed E-state index contributed by atoms with van der Waals surface area (Å²) < 4.78 is 0. The lowest BCUT2D eigenvalue weighted by atomic mass is 9.91. The number of amides is 1. The van der Waals surface area contributed by atoms with Gasteiger partial charge < -0.3 is 10.4 Å². The highest BCUT2D eigenvalue weighted by Crippen LogP contribution is 2.26. The molecule has 5 heteroatoms. The molecule has 0 fully saturated rings. The van der Waals surface area contributed by atoms with Crippen molar-refractivity contribution in [1.82, 2.24) is 5.32 Å². The van der Waals surface area contributed by atoms with Crippen LogP contribution in [0.5, 0.6) is 0 Å². The van der Waals surface area contributed by atoms with Gasteiger partial charge in [-0.1, -0.05) is 31.8 Å². The molecule has 0 saturated carbocycles. The molecular weight excluding hydrogens is 302 g/mol. The molecule has 0 spiro atoms. The van der Waals surface area contributed by atoms with Crippen molar-refractivity contribution in [3.63, 3.8) is 0 Å². The van der Waals surface area contributed by atoms with E-state index in [1.165, 1.54) is 16.2 Å². The fourth-order valence-corrected chi connectivity index (χ4v) is 3.44. The summed E-state index contributed by atoms with van der Waals surface area (Å²) in [4.78, 5) is 14.8. The molecular formula is C16H17NO2S2. The first-order valence-corrected chi connectivity index (χ1v) is 8.24. The first-order chi connectivity index (χ1) is 10.0. The number of aliphatic hydroxyl groups is 1. The maximum atomic E-state index is 12.2. The molecule has 110 valence electrons. The van der Waals surface area contributed by atoms with E-state index in [0.717, 1.165) is 4.88 Å². The predicted molar refractivity (Wildman–Crippen MR) is 88.0 cm³/mol. The Morgan fingerprint density at radius 3 is 2.86 bits per heavy atom. The normalized spacial score (nSPS) is 10.8. The maximum absolute atomic E-state index is 12.2. The minimum absolute atomic E-state index is 0.0818. The lowest BCUT2D eigenvalue weighted by molar-refractivity contribution is 0.0950. The second-order valence-corrected chi connectivity index (χ2v) is 7.20. The van der Waals surface area contributed by atoms with Gasteiger partial charge in [-0.15, -0.1) is 22.7 Å². The number of rotatable bonds is 4. The van der Waals surface area contributed by atoms with Crippen molar-refractivity contribution in [2.24, 2.45) is 0 Å². The Balaban J connectivity index is 1.97. The second kappa shape index (κ2) is 6.90. The van der Waals surface area contributed by atoms with Crippen LogP contribution in [0.1, 0.15) is 33.3 Å². The van der Waals surface area contributed by atoms with Crippen LogP contribution in [0.2, 0.25) is 0 Å². The summed E-state index contributed by atoms with van der Waals surface area (Å²) >= 11 is 3.03. The second-order valence-electron chi connectivity index (χ2n) is 5.17. The number of aliphatic hydroxyl groups excluding tert-OH is 1. The van der Waals surface area contributed by atoms with Crippen molar-refractivity contribution in [1.29, 1.82) is 0 Å². The third-order valence-corrected chi connectivity index (χ3v) is 5.23.